The van der Waals surface area contributed by atoms with Crippen molar-refractivity contribution in [2.45, 2.75) is 50.1 Å². The van der Waals surface area contributed by atoms with Crippen molar-refractivity contribution in [1.29, 1.82) is 0 Å². The highest BCUT2D eigenvalue weighted by Crippen LogP contribution is 2.40. The summed E-state index contributed by atoms with van der Waals surface area (Å²) in [4.78, 5) is 15.0. The smallest absolute Gasteiger partial charge is 0.251 e. The van der Waals surface area contributed by atoms with Gasteiger partial charge in [0.05, 0.1) is 0 Å². The number of carbonyl (C=O) groups is 1. The molecule has 3 nitrogen and oxygen atoms in total. The van der Waals surface area contributed by atoms with Gasteiger partial charge in [0, 0.05) is 28.7 Å². The van der Waals surface area contributed by atoms with E-state index in [4.69, 9.17) is 11.6 Å². The van der Waals surface area contributed by atoms with Gasteiger partial charge in [0.15, 0.2) is 0 Å². The van der Waals surface area contributed by atoms with E-state index < -0.39 is 0 Å². The fraction of sp³-hybridized carbons (Fsp3) is 0.588. The summed E-state index contributed by atoms with van der Waals surface area (Å²) in [5.41, 5.74) is 0.829. The van der Waals surface area contributed by atoms with Gasteiger partial charge in [-0.2, -0.15) is 0 Å². The number of benzene rings is 1. The maximum Gasteiger partial charge on any atom is 0.251 e. The largest absolute Gasteiger partial charge is 0.347 e. The highest BCUT2D eigenvalue weighted by Gasteiger charge is 2.47. The Bertz CT molecular complexity index is 525. The van der Waals surface area contributed by atoms with Gasteiger partial charge in [-0.05, 0) is 44.5 Å². The second kappa shape index (κ2) is 5.98. The van der Waals surface area contributed by atoms with Crippen LogP contribution >= 0.6 is 11.6 Å². The Morgan fingerprint density at radius 3 is 2.81 bits per heavy atom. The molecule has 1 N–H and O–H groups in total. The number of rotatable bonds is 2. The molecule has 1 saturated carbocycles. The van der Waals surface area contributed by atoms with E-state index >= 15 is 0 Å². The van der Waals surface area contributed by atoms with Crippen LogP contribution in [0.3, 0.4) is 0 Å². The lowest BCUT2D eigenvalue weighted by Crippen LogP contribution is -2.56. The molecule has 1 aliphatic heterocycles. The first-order valence-corrected chi connectivity index (χ1v) is 8.27. The van der Waals surface area contributed by atoms with Gasteiger partial charge in [-0.25, -0.2) is 0 Å². The van der Waals surface area contributed by atoms with Crippen molar-refractivity contribution >= 4 is 17.5 Å². The topological polar surface area (TPSA) is 32.3 Å². The molecule has 114 valence electrons. The van der Waals surface area contributed by atoms with Crippen molar-refractivity contribution < 1.29 is 4.79 Å². The van der Waals surface area contributed by atoms with E-state index in [9.17, 15) is 4.79 Å². The Morgan fingerprint density at radius 1 is 1.33 bits per heavy atom. The van der Waals surface area contributed by atoms with Crippen molar-refractivity contribution in [3.8, 4) is 0 Å². The van der Waals surface area contributed by atoms with Crippen molar-refractivity contribution in [2.75, 3.05) is 13.6 Å². The van der Waals surface area contributed by atoms with Crippen LogP contribution in [-0.2, 0) is 0 Å². The lowest BCUT2D eigenvalue weighted by molar-refractivity contribution is 0.0764. The molecule has 0 radical (unpaired) electrons. The Morgan fingerprint density at radius 2 is 2.10 bits per heavy atom. The number of halogens is 1. The molecule has 0 aromatic heterocycles. The zero-order chi connectivity index (χ0) is 14.9. The van der Waals surface area contributed by atoms with Gasteiger partial charge in [-0.15, -0.1) is 0 Å². The maximum absolute atomic E-state index is 12.5. The number of nitrogens with zero attached hydrogens (tertiary/aromatic N) is 1. The van der Waals surface area contributed by atoms with Gasteiger partial charge in [0.1, 0.15) is 0 Å². The summed E-state index contributed by atoms with van der Waals surface area (Å²) in [6, 6.07) is 7.45. The first kappa shape index (κ1) is 14.9. The van der Waals surface area contributed by atoms with E-state index in [2.05, 4.69) is 17.3 Å². The van der Waals surface area contributed by atoms with E-state index in [0.717, 1.165) is 13.0 Å². The molecule has 4 heteroatoms. The molecule has 1 aliphatic carbocycles. The summed E-state index contributed by atoms with van der Waals surface area (Å²) in [5.74, 6) is 0.00254. The molecule has 1 atom stereocenters. The zero-order valence-corrected chi connectivity index (χ0v) is 13.3. The molecule has 1 aromatic carbocycles. The first-order chi connectivity index (χ1) is 10.1. The molecular weight excluding hydrogens is 284 g/mol. The van der Waals surface area contributed by atoms with E-state index in [0.29, 0.717) is 10.6 Å². The van der Waals surface area contributed by atoms with Crippen LogP contribution in [-0.4, -0.2) is 36.0 Å². The van der Waals surface area contributed by atoms with Crippen molar-refractivity contribution in [3.63, 3.8) is 0 Å². The van der Waals surface area contributed by atoms with Crippen LogP contribution in [0.15, 0.2) is 24.3 Å². The fourth-order valence-electron chi connectivity index (χ4n) is 4.05. The summed E-state index contributed by atoms with van der Waals surface area (Å²) < 4.78 is 0. The van der Waals surface area contributed by atoms with E-state index in [1.54, 1.807) is 12.1 Å². The maximum atomic E-state index is 12.5. The predicted octanol–water partition coefficient (Wildman–Crippen LogP) is 3.48. The van der Waals surface area contributed by atoms with Gasteiger partial charge < -0.3 is 5.32 Å². The Balaban J connectivity index is 1.76. The van der Waals surface area contributed by atoms with Crippen LogP contribution < -0.4 is 5.32 Å². The average Bonchev–Trinajstić information content (AvgIpc) is 2.77. The third-order valence-corrected chi connectivity index (χ3v) is 5.51. The summed E-state index contributed by atoms with van der Waals surface area (Å²) in [5, 5.41) is 3.88. The molecule has 1 amide bonds. The molecule has 0 bridgehead atoms. The van der Waals surface area contributed by atoms with Crippen LogP contribution in [0.4, 0.5) is 0 Å². The van der Waals surface area contributed by atoms with Crippen LogP contribution in [0.1, 0.15) is 48.9 Å². The second-order valence-electron chi connectivity index (χ2n) is 6.41. The summed E-state index contributed by atoms with van der Waals surface area (Å²) in [6.07, 6.45) is 7.31. The summed E-state index contributed by atoms with van der Waals surface area (Å²) in [6.45, 7) is 1.07. The van der Waals surface area contributed by atoms with Crippen molar-refractivity contribution in [1.82, 2.24) is 10.2 Å². The Kier molecular flexibility index (Phi) is 4.23. The third kappa shape index (κ3) is 2.82. The number of hydrogen-bond acceptors (Lipinski definition) is 2. The number of hydrogen-bond donors (Lipinski definition) is 1. The highest BCUT2D eigenvalue weighted by atomic mass is 35.5. The molecule has 3 rings (SSSR count). The standard InChI is InChI=1S/C17H23ClN2O/c1-20-11-8-15(17(20)9-3-2-4-10-17)19-16(21)13-6-5-7-14(18)12-13/h5-7,12,15H,2-4,8-11H2,1H3,(H,19,21). The molecule has 2 aliphatic rings. The van der Waals surface area contributed by atoms with Gasteiger partial charge in [0.2, 0.25) is 0 Å². The molecule has 1 heterocycles. The summed E-state index contributed by atoms with van der Waals surface area (Å²) >= 11 is 5.98. The fourth-order valence-corrected chi connectivity index (χ4v) is 4.24. The van der Waals surface area contributed by atoms with Crippen LogP contribution in [0.25, 0.3) is 0 Å². The normalized spacial score (nSPS) is 25.1. The van der Waals surface area contributed by atoms with E-state index in [-0.39, 0.29) is 17.5 Å². The van der Waals surface area contributed by atoms with Gasteiger partial charge in [-0.3, -0.25) is 9.69 Å². The SMILES string of the molecule is CN1CCC(NC(=O)c2cccc(Cl)c2)C12CCCCC2. The van der Waals surface area contributed by atoms with E-state index in [1.165, 1.54) is 32.1 Å². The Labute approximate surface area is 131 Å². The number of amides is 1. The first-order valence-electron chi connectivity index (χ1n) is 7.89. The number of nitrogens with one attached hydrogen (secondary N) is 1. The lowest BCUT2D eigenvalue weighted by atomic mass is 9.77. The molecule has 1 aromatic rings. The minimum absolute atomic E-state index is 0.00254. The second-order valence-corrected chi connectivity index (χ2v) is 6.85. The molecule has 2 fully saturated rings. The minimum Gasteiger partial charge on any atom is -0.347 e. The minimum atomic E-state index is 0.00254. The van der Waals surface area contributed by atoms with Crippen LogP contribution in [0.5, 0.6) is 0 Å². The predicted molar refractivity (Wildman–Crippen MR) is 85.8 cm³/mol. The van der Waals surface area contributed by atoms with Crippen molar-refractivity contribution in [2.24, 2.45) is 0 Å². The monoisotopic (exact) mass is 306 g/mol. The molecule has 1 spiro atoms. The van der Waals surface area contributed by atoms with Gasteiger partial charge in [-0.1, -0.05) is 36.9 Å². The average molecular weight is 307 g/mol. The third-order valence-electron chi connectivity index (χ3n) is 5.27. The molecular formula is C17H23ClN2O. The highest BCUT2D eigenvalue weighted by molar-refractivity contribution is 6.30. The van der Waals surface area contributed by atoms with Crippen LogP contribution in [0, 0.1) is 0 Å². The van der Waals surface area contributed by atoms with E-state index in [1.807, 2.05) is 12.1 Å². The lowest BCUT2D eigenvalue weighted by Gasteiger charge is -2.44. The zero-order valence-electron chi connectivity index (χ0n) is 12.6. The van der Waals surface area contributed by atoms with Crippen LogP contribution in [0.2, 0.25) is 5.02 Å². The quantitative estimate of drug-likeness (QED) is 0.907. The Hall–Kier alpha value is -1.06. The van der Waals surface area contributed by atoms with Gasteiger partial charge in [0.25, 0.3) is 5.91 Å². The summed E-state index contributed by atoms with van der Waals surface area (Å²) in [7, 11) is 2.21. The van der Waals surface area contributed by atoms with Crippen molar-refractivity contribution in [3.05, 3.63) is 34.9 Å². The molecule has 21 heavy (non-hydrogen) atoms. The van der Waals surface area contributed by atoms with Gasteiger partial charge >= 0.3 is 0 Å². The molecule has 1 saturated heterocycles. The number of carbonyl (C=O) groups excluding carboxylic acids is 1. The number of likely N-dealkylation sites (N-methyl/N-ethyl adjacent to an activating group) is 1. The number of likely N-dealkylation sites (tertiary alicyclic amines) is 1. The molecule has 1 unspecified atom stereocenters.